The molecule has 0 fully saturated rings. The van der Waals surface area contributed by atoms with Crippen molar-refractivity contribution < 1.29 is 9.13 Å². The van der Waals surface area contributed by atoms with E-state index in [4.69, 9.17) is 21.6 Å². The van der Waals surface area contributed by atoms with E-state index < -0.39 is 5.82 Å². The summed E-state index contributed by atoms with van der Waals surface area (Å²) < 4.78 is 18.9. The fourth-order valence-electron chi connectivity index (χ4n) is 1.76. The lowest BCUT2D eigenvalue weighted by Gasteiger charge is -2.12. The van der Waals surface area contributed by atoms with Crippen LogP contribution in [0.15, 0.2) is 36.4 Å². The molecule has 0 aliphatic heterocycles. The predicted molar refractivity (Wildman–Crippen MR) is 79.5 cm³/mol. The van der Waals surface area contributed by atoms with Gasteiger partial charge >= 0.3 is 0 Å². The Labute approximate surface area is 129 Å². The van der Waals surface area contributed by atoms with Gasteiger partial charge in [-0.1, -0.05) is 39.7 Å². The van der Waals surface area contributed by atoms with Crippen molar-refractivity contribution >= 4 is 27.5 Å². The molecule has 20 heavy (non-hydrogen) atoms. The van der Waals surface area contributed by atoms with E-state index in [1.54, 1.807) is 6.07 Å². The number of halogens is 3. The standard InChI is InChI=1S/C15H10BrClFNO/c16-7-10-2-1-3-14(17)15(10)20-9-12-6-13(18)5-4-11(12)8-19/h1-6H,7,9H2. The molecule has 0 aliphatic rings. The van der Waals surface area contributed by atoms with Crippen LogP contribution in [0.2, 0.25) is 5.02 Å². The fourth-order valence-corrected chi connectivity index (χ4v) is 2.45. The van der Waals surface area contributed by atoms with Crippen molar-refractivity contribution in [1.82, 2.24) is 0 Å². The number of para-hydroxylation sites is 1. The summed E-state index contributed by atoms with van der Waals surface area (Å²) in [5.74, 6) is 0.140. The minimum absolute atomic E-state index is 0.0877. The number of hydrogen-bond acceptors (Lipinski definition) is 2. The van der Waals surface area contributed by atoms with Crippen LogP contribution in [0, 0.1) is 17.1 Å². The molecule has 0 saturated carbocycles. The summed E-state index contributed by atoms with van der Waals surface area (Å²) in [5.41, 5.74) is 1.78. The second kappa shape index (κ2) is 6.74. The molecular weight excluding hydrogens is 345 g/mol. The highest BCUT2D eigenvalue weighted by molar-refractivity contribution is 9.08. The van der Waals surface area contributed by atoms with Gasteiger partial charge in [-0.15, -0.1) is 0 Å². The lowest BCUT2D eigenvalue weighted by Crippen LogP contribution is -2.01. The molecule has 0 N–H and O–H groups in total. The highest BCUT2D eigenvalue weighted by Crippen LogP contribution is 2.31. The normalized spacial score (nSPS) is 10.1. The van der Waals surface area contributed by atoms with Crippen LogP contribution in [0.3, 0.4) is 0 Å². The minimum atomic E-state index is -0.400. The second-order valence-corrected chi connectivity index (χ2v) is 5.03. The topological polar surface area (TPSA) is 33.0 Å². The molecular formula is C15H10BrClFNO. The molecule has 2 rings (SSSR count). The summed E-state index contributed by atoms with van der Waals surface area (Å²) in [6.07, 6.45) is 0. The molecule has 0 heterocycles. The number of hydrogen-bond donors (Lipinski definition) is 0. The fraction of sp³-hybridized carbons (Fsp3) is 0.133. The molecule has 0 spiro atoms. The van der Waals surface area contributed by atoms with Gasteiger partial charge in [0.2, 0.25) is 0 Å². The number of alkyl halides is 1. The first-order valence-corrected chi connectivity index (χ1v) is 7.30. The number of nitrogens with zero attached hydrogens (tertiary/aromatic N) is 1. The molecule has 0 unspecified atom stereocenters. The molecule has 0 aliphatic carbocycles. The van der Waals surface area contributed by atoms with E-state index in [1.807, 2.05) is 18.2 Å². The third-order valence-corrected chi connectivity index (χ3v) is 3.65. The highest BCUT2D eigenvalue weighted by Gasteiger charge is 2.10. The smallest absolute Gasteiger partial charge is 0.142 e. The molecule has 0 amide bonds. The number of ether oxygens (including phenoxy) is 1. The van der Waals surface area contributed by atoms with Gasteiger partial charge in [-0.05, 0) is 24.3 Å². The van der Waals surface area contributed by atoms with Crippen molar-refractivity contribution in [2.45, 2.75) is 11.9 Å². The Morgan fingerprint density at radius 3 is 2.75 bits per heavy atom. The van der Waals surface area contributed by atoms with Crippen LogP contribution in [0.5, 0.6) is 5.75 Å². The van der Waals surface area contributed by atoms with Crippen molar-refractivity contribution in [1.29, 1.82) is 5.26 Å². The second-order valence-electron chi connectivity index (χ2n) is 4.06. The maximum atomic E-state index is 13.2. The van der Waals surface area contributed by atoms with Gasteiger partial charge < -0.3 is 4.74 Å². The summed E-state index contributed by atoms with van der Waals surface area (Å²) in [4.78, 5) is 0. The van der Waals surface area contributed by atoms with Gasteiger partial charge in [0.25, 0.3) is 0 Å². The first-order chi connectivity index (χ1) is 9.65. The third-order valence-electron chi connectivity index (χ3n) is 2.75. The van der Waals surface area contributed by atoms with Crippen LogP contribution in [-0.4, -0.2) is 0 Å². The van der Waals surface area contributed by atoms with Gasteiger partial charge in [0.1, 0.15) is 18.2 Å². The van der Waals surface area contributed by atoms with Crippen molar-refractivity contribution in [3.05, 3.63) is 63.9 Å². The van der Waals surface area contributed by atoms with Gasteiger partial charge in [0.15, 0.2) is 0 Å². The summed E-state index contributed by atoms with van der Waals surface area (Å²) in [6, 6.07) is 11.4. The van der Waals surface area contributed by atoms with Crippen molar-refractivity contribution in [2.75, 3.05) is 0 Å². The number of nitriles is 1. The molecule has 102 valence electrons. The van der Waals surface area contributed by atoms with Crippen molar-refractivity contribution in [3.8, 4) is 11.8 Å². The average Bonchev–Trinajstić information content (AvgIpc) is 2.46. The van der Waals surface area contributed by atoms with E-state index in [-0.39, 0.29) is 6.61 Å². The molecule has 0 atom stereocenters. The first-order valence-electron chi connectivity index (χ1n) is 5.80. The average molecular weight is 355 g/mol. The molecule has 0 aromatic heterocycles. The van der Waals surface area contributed by atoms with Gasteiger partial charge in [0.05, 0.1) is 16.7 Å². The molecule has 2 aromatic rings. The van der Waals surface area contributed by atoms with E-state index in [1.165, 1.54) is 18.2 Å². The summed E-state index contributed by atoms with van der Waals surface area (Å²) in [6.45, 7) is 0.0877. The lowest BCUT2D eigenvalue weighted by molar-refractivity contribution is 0.303. The molecule has 0 radical (unpaired) electrons. The predicted octanol–water partition coefficient (Wildman–Crippen LogP) is 4.82. The van der Waals surface area contributed by atoms with Crippen LogP contribution in [0.4, 0.5) is 4.39 Å². The molecule has 2 aromatic carbocycles. The zero-order valence-corrected chi connectivity index (χ0v) is 12.7. The Balaban J connectivity index is 2.26. The quantitative estimate of drug-likeness (QED) is 0.737. The minimum Gasteiger partial charge on any atom is -0.487 e. The monoisotopic (exact) mass is 353 g/mol. The lowest BCUT2D eigenvalue weighted by atomic mass is 10.1. The van der Waals surface area contributed by atoms with Crippen LogP contribution in [0.25, 0.3) is 0 Å². The Morgan fingerprint density at radius 1 is 1.25 bits per heavy atom. The SMILES string of the molecule is N#Cc1ccc(F)cc1COc1c(Cl)cccc1CBr. The summed E-state index contributed by atoms with van der Waals surface area (Å²) in [7, 11) is 0. The molecule has 2 nitrogen and oxygen atoms in total. The Morgan fingerprint density at radius 2 is 2.05 bits per heavy atom. The van der Waals surface area contributed by atoms with E-state index in [2.05, 4.69) is 15.9 Å². The third kappa shape index (κ3) is 3.30. The van der Waals surface area contributed by atoms with E-state index in [0.29, 0.717) is 27.2 Å². The van der Waals surface area contributed by atoms with Gasteiger partial charge in [-0.2, -0.15) is 5.26 Å². The van der Waals surface area contributed by atoms with Crippen LogP contribution in [-0.2, 0) is 11.9 Å². The Bertz CT molecular complexity index is 669. The first kappa shape index (κ1) is 14.8. The largest absolute Gasteiger partial charge is 0.487 e. The van der Waals surface area contributed by atoms with E-state index in [9.17, 15) is 4.39 Å². The van der Waals surface area contributed by atoms with Gasteiger partial charge in [-0.3, -0.25) is 0 Å². The highest BCUT2D eigenvalue weighted by atomic mass is 79.9. The molecule has 5 heteroatoms. The summed E-state index contributed by atoms with van der Waals surface area (Å²) >= 11 is 9.45. The molecule has 0 saturated heterocycles. The number of benzene rings is 2. The van der Waals surface area contributed by atoms with E-state index in [0.717, 1.165) is 5.56 Å². The summed E-state index contributed by atoms with van der Waals surface area (Å²) in [5, 5.41) is 10.1. The molecule has 0 bridgehead atoms. The maximum Gasteiger partial charge on any atom is 0.142 e. The Kier molecular flexibility index (Phi) is 4.99. The van der Waals surface area contributed by atoms with Crippen molar-refractivity contribution in [2.24, 2.45) is 0 Å². The van der Waals surface area contributed by atoms with Crippen LogP contribution < -0.4 is 4.74 Å². The van der Waals surface area contributed by atoms with Crippen molar-refractivity contribution in [3.63, 3.8) is 0 Å². The zero-order valence-electron chi connectivity index (χ0n) is 10.4. The van der Waals surface area contributed by atoms with Crippen LogP contribution >= 0.6 is 27.5 Å². The van der Waals surface area contributed by atoms with Gasteiger partial charge in [0, 0.05) is 16.5 Å². The van der Waals surface area contributed by atoms with Gasteiger partial charge in [-0.25, -0.2) is 4.39 Å². The van der Waals surface area contributed by atoms with E-state index >= 15 is 0 Å². The maximum absolute atomic E-state index is 13.2. The number of rotatable bonds is 4. The van der Waals surface area contributed by atoms with Crippen LogP contribution in [0.1, 0.15) is 16.7 Å². The Hall–Kier alpha value is -1.57. The zero-order chi connectivity index (χ0) is 14.5.